The highest BCUT2D eigenvalue weighted by molar-refractivity contribution is 7.26. The molecule has 3 nitrogen and oxygen atoms in total. The minimum atomic E-state index is 0. The molecule has 0 aliphatic heterocycles. The van der Waals surface area contributed by atoms with Crippen molar-refractivity contribution in [2.45, 2.75) is 0 Å². The van der Waals surface area contributed by atoms with Gasteiger partial charge in [0.05, 0.1) is 0 Å². The van der Waals surface area contributed by atoms with Crippen molar-refractivity contribution >= 4 is 53.1 Å². The van der Waals surface area contributed by atoms with E-state index in [2.05, 4.69) is 66.7 Å². The maximum absolute atomic E-state index is 4.93. The summed E-state index contributed by atoms with van der Waals surface area (Å²) in [5.74, 6) is 2.01. The summed E-state index contributed by atoms with van der Waals surface area (Å²) in [5.41, 5.74) is 2.91. The number of hydrogen-bond acceptors (Lipinski definition) is 4. The van der Waals surface area contributed by atoms with E-state index in [0.29, 0.717) is 17.5 Å². The highest BCUT2D eigenvalue weighted by atomic mass is 32.1. The molecule has 0 atom stereocenters. The Bertz CT molecular complexity index is 2110. The molecule has 0 aliphatic carbocycles. The molecule has 0 N–H and O–H groups in total. The van der Waals surface area contributed by atoms with E-state index in [0.717, 1.165) is 16.7 Å². The second kappa shape index (κ2) is 9.67. The Balaban J connectivity index is 0.00000264. The number of fused-ring (bicyclic) bond motifs is 7. The van der Waals surface area contributed by atoms with E-state index in [4.69, 9.17) is 15.0 Å². The molecule has 0 radical (unpaired) electrons. The van der Waals surface area contributed by atoms with Crippen LogP contribution >= 0.6 is 11.3 Å². The van der Waals surface area contributed by atoms with Crippen LogP contribution in [0.25, 0.3) is 75.9 Å². The molecule has 0 aliphatic rings. The van der Waals surface area contributed by atoms with Gasteiger partial charge >= 0.3 is 0 Å². The predicted molar refractivity (Wildman–Crippen MR) is 170 cm³/mol. The van der Waals surface area contributed by atoms with E-state index in [1.165, 1.54) is 41.7 Å². The molecule has 2 aromatic heterocycles. The Kier molecular flexibility index (Phi) is 5.84. The van der Waals surface area contributed by atoms with Gasteiger partial charge in [-0.1, -0.05) is 109 Å². The topological polar surface area (TPSA) is 38.7 Å². The minimum absolute atomic E-state index is 0. The third-order valence-electron chi connectivity index (χ3n) is 7.30. The Hall–Kier alpha value is -4.93. The molecule has 0 amide bonds. The summed E-state index contributed by atoms with van der Waals surface area (Å²) < 4.78 is 2.64. The van der Waals surface area contributed by atoms with Crippen LogP contribution < -0.4 is 0 Å². The molecule has 8 rings (SSSR count). The van der Waals surface area contributed by atoms with E-state index in [1.54, 1.807) is 0 Å². The van der Waals surface area contributed by atoms with Crippen molar-refractivity contribution < 1.29 is 0 Å². The average molecular weight is 531 g/mol. The predicted octanol–water partition coefficient (Wildman–Crippen LogP) is 10.00. The van der Waals surface area contributed by atoms with Crippen LogP contribution in [0.4, 0.5) is 0 Å². The summed E-state index contributed by atoms with van der Waals surface area (Å²) in [4.78, 5) is 14.7. The van der Waals surface area contributed by atoms with Gasteiger partial charge in [-0.2, -0.15) is 0 Å². The molecule has 0 saturated carbocycles. The molecule has 4 heteroatoms. The van der Waals surface area contributed by atoms with Gasteiger partial charge in [0, 0.05) is 36.9 Å². The number of aromatic nitrogens is 3. The van der Waals surface area contributed by atoms with Crippen LogP contribution in [0, 0.1) is 7.43 Å². The zero-order valence-corrected chi connectivity index (χ0v) is 22.7. The van der Waals surface area contributed by atoms with Crippen molar-refractivity contribution in [2.24, 2.45) is 0 Å². The van der Waals surface area contributed by atoms with Gasteiger partial charge in [-0.05, 0) is 39.7 Å². The molecule has 8 aromatic rings. The Labute approximate surface area is 236 Å². The molecule has 40 heavy (non-hydrogen) atoms. The molecule has 0 spiro atoms. The first-order valence-corrected chi connectivity index (χ1v) is 13.8. The van der Waals surface area contributed by atoms with Gasteiger partial charge in [-0.3, -0.25) is 0 Å². The molecule has 0 saturated heterocycles. The van der Waals surface area contributed by atoms with Gasteiger partial charge in [0.15, 0.2) is 17.5 Å². The van der Waals surface area contributed by atoms with E-state index >= 15 is 0 Å². The van der Waals surface area contributed by atoms with Crippen LogP contribution in [-0.2, 0) is 0 Å². The quantitative estimate of drug-likeness (QED) is 0.168. The van der Waals surface area contributed by atoms with Crippen LogP contribution in [0.15, 0.2) is 127 Å². The maximum atomic E-state index is 4.93. The molecule has 0 fully saturated rings. The van der Waals surface area contributed by atoms with Crippen LogP contribution in [0.3, 0.4) is 0 Å². The largest absolute Gasteiger partial charge is 0.358 e. The summed E-state index contributed by atoms with van der Waals surface area (Å²) in [6.07, 6.45) is 0. The van der Waals surface area contributed by atoms with E-state index in [-0.39, 0.29) is 7.43 Å². The molecular weight excluding hydrogens is 506 g/mol. The van der Waals surface area contributed by atoms with Gasteiger partial charge in [0.1, 0.15) is 0 Å². The number of thiophene rings is 1. The van der Waals surface area contributed by atoms with Gasteiger partial charge in [-0.15, -0.1) is 11.3 Å². The van der Waals surface area contributed by atoms with Crippen molar-refractivity contribution in [3.05, 3.63) is 135 Å². The second-order valence-electron chi connectivity index (χ2n) is 9.67. The third kappa shape index (κ3) is 3.93. The lowest BCUT2D eigenvalue weighted by molar-refractivity contribution is 1.07. The lowest BCUT2D eigenvalue weighted by Gasteiger charge is -2.10. The molecule has 0 bridgehead atoms. The first kappa shape index (κ1) is 24.1. The Morgan fingerprint density at radius 1 is 0.400 bits per heavy atom. The second-order valence-corrected chi connectivity index (χ2v) is 10.8. The zero-order valence-electron chi connectivity index (χ0n) is 21.9. The highest BCUT2D eigenvalue weighted by Gasteiger charge is 2.15. The zero-order chi connectivity index (χ0) is 25.8. The van der Waals surface area contributed by atoms with Crippen LogP contribution in [-0.4, -0.2) is 15.0 Å². The number of hydrogen-bond donors (Lipinski definition) is 0. The summed E-state index contributed by atoms with van der Waals surface area (Å²) in [5, 5.41) is 7.63. The van der Waals surface area contributed by atoms with Crippen molar-refractivity contribution in [1.29, 1.82) is 0 Å². The van der Waals surface area contributed by atoms with Gasteiger partial charge in [0.25, 0.3) is 0 Å². The van der Waals surface area contributed by atoms with Gasteiger partial charge in [0.2, 0.25) is 0 Å². The van der Waals surface area contributed by atoms with Crippen molar-refractivity contribution in [3.8, 4) is 34.2 Å². The summed E-state index contributed by atoms with van der Waals surface area (Å²) in [6.45, 7) is 0. The normalized spacial score (nSPS) is 11.3. The van der Waals surface area contributed by atoms with E-state index in [1.807, 2.05) is 72.0 Å². The fourth-order valence-electron chi connectivity index (χ4n) is 5.45. The number of rotatable bonds is 3. The van der Waals surface area contributed by atoms with Crippen molar-refractivity contribution in [2.75, 3.05) is 0 Å². The van der Waals surface area contributed by atoms with Gasteiger partial charge < -0.3 is 7.43 Å². The summed E-state index contributed by atoms with van der Waals surface area (Å²) in [6, 6.07) is 44.4. The number of nitrogens with zero attached hydrogens (tertiary/aromatic N) is 3. The average Bonchev–Trinajstić information content (AvgIpc) is 3.40. The highest BCUT2D eigenvalue weighted by Crippen LogP contribution is 2.41. The van der Waals surface area contributed by atoms with Crippen LogP contribution in [0.1, 0.15) is 0 Å². The number of benzene rings is 6. The molecule has 0 unspecified atom stereocenters. The van der Waals surface area contributed by atoms with Crippen molar-refractivity contribution in [1.82, 2.24) is 15.0 Å². The van der Waals surface area contributed by atoms with E-state index < -0.39 is 0 Å². The fraction of sp³-hybridized carbons (Fsp3) is 0. The lowest BCUT2D eigenvalue weighted by Crippen LogP contribution is -2.00. The third-order valence-corrected chi connectivity index (χ3v) is 8.43. The summed E-state index contributed by atoms with van der Waals surface area (Å²) >= 11 is 1.86. The molecule has 2 heterocycles. The SMILES string of the molecule is [CH3-].c1ccc(-c2nc(-c3ccccc3)nc(-c3ccc4c(ccc5ccc6sc7ccccc7c6c54)c3)n2)cc1. The molecule has 6 aromatic carbocycles. The van der Waals surface area contributed by atoms with Crippen LogP contribution in [0.2, 0.25) is 0 Å². The first-order valence-electron chi connectivity index (χ1n) is 13.0. The van der Waals surface area contributed by atoms with Crippen LogP contribution in [0.5, 0.6) is 0 Å². The van der Waals surface area contributed by atoms with E-state index in [9.17, 15) is 0 Å². The standard InChI is InChI=1S/C35H21N3S.CH3/c1-3-9-23(10-4-1)33-36-34(24-11-5-2-6-12-24)38-35(37-33)26-17-19-27-25(21-26)16-15-22-18-20-30-32(31(22)27)28-13-7-8-14-29(28)39-30;/h1-21H;1H3/q;-1. The molecular formula is C36H24N3S-. The Morgan fingerprint density at radius 3 is 1.68 bits per heavy atom. The van der Waals surface area contributed by atoms with Crippen molar-refractivity contribution in [3.63, 3.8) is 0 Å². The molecule has 190 valence electrons. The fourth-order valence-corrected chi connectivity index (χ4v) is 6.56. The Morgan fingerprint density at radius 2 is 0.975 bits per heavy atom. The first-order chi connectivity index (χ1) is 19.3. The maximum Gasteiger partial charge on any atom is 0.164 e. The smallest absolute Gasteiger partial charge is 0.164 e. The minimum Gasteiger partial charge on any atom is -0.358 e. The van der Waals surface area contributed by atoms with Gasteiger partial charge in [-0.25, -0.2) is 15.0 Å². The monoisotopic (exact) mass is 530 g/mol. The summed E-state index contributed by atoms with van der Waals surface area (Å²) in [7, 11) is 0. The lowest BCUT2D eigenvalue weighted by atomic mass is 9.96.